The van der Waals surface area contributed by atoms with Gasteiger partial charge in [0.1, 0.15) is 0 Å². The van der Waals surface area contributed by atoms with Crippen LogP contribution in [0.5, 0.6) is 0 Å². The predicted octanol–water partition coefficient (Wildman–Crippen LogP) is 1.62. The van der Waals surface area contributed by atoms with Gasteiger partial charge in [-0.05, 0) is 23.6 Å². The summed E-state index contributed by atoms with van der Waals surface area (Å²) in [4.78, 5) is 26.9. The first-order valence-corrected chi connectivity index (χ1v) is 6.68. The third-order valence-corrected chi connectivity index (χ3v) is 3.46. The molecule has 1 saturated heterocycles. The molecule has 4 heteroatoms. The molecule has 1 heterocycles. The Balaban J connectivity index is 2.16. The van der Waals surface area contributed by atoms with Gasteiger partial charge < -0.3 is 9.80 Å². The molecule has 1 aromatic carbocycles. The van der Waals surface area contributed by atoms with E-state index in [1.165, 1.54) is 15.4 Å². The Bertz CT molecular complexity index is 555. The van der Waals surface area contributed by atoms with E-state index in [4.69, 9.17) is 6.42 Å². The zero-order chi connectivity index (χ0) is 14.7. The molecule has 0 N–H and O–H groups in total. The van der Waals surface area contributed by atoms with Crippen molar-refractivity contribution >= 4 is 17.5 Å². The number of hydrogen-bond donors (Lipinski definition) is 0. The van der Waals surface area contributed by atoms with Crippen molar-refractivity contribution in [1.29, 1.82) is 0 Å². The summed E-state index contributed by atoms with van der Waals surface area (Å²) in [6.07, 6.45) is 5.19. The highest BCUT2D eigenvalue weighted by molar-refractivity contribution is 6.41. The summed E-state index contributed by atoms with van der Waals surface area (Å²) in [6, 6.07) is 7.76. The van der Waals surface area contributed by atoms with Gasteiger partial charge >= 0.3 is 11.8 Å². The van der Waals surface area contributed by atoms with Gasteiger partial charge in [0.15, 0.2) is 0 Å². The Kier molecular flexibility index (Phi) is 4.09. The topological polar surface area (TPSA) is 40.6 Å². The highest BCUT2D eigenvalue weighted by Crippen LogP contribution is 2.21. The van der Waals surface area contributed by atoms with Crippen LogP contribution in [0, 0.1) is 12.3 Å². The molecule has 1 aliphatic rings. The van der Waals surface area contributed by atoms with Crippen LogP contribution in [0.1, 0.15) is 25.3 Å². The van der Waals surface area contributed by atoms with Crippen molar-refractivity contribution in [3.05, 3.63) is 29.8 Å². The number of hydrogen-bond acceptors (Lipinski definition) is 2. The first-order valence-electron chi connectivity index (χ1n) is 6.68. The van der Waals surface area contributed by atoms with Crippen LogP contribution in [0.15, 0.2) is 24.3 Å². The maximum absolute atomic E-state index is 12.1. The largest absolute Gasteiger partial charge is 0.322 e. The molecule has 1 aromatic rings. The van der Waals surface area contributed by atoms with Crippen LogP contribution in [0.4, 0.5) is 5.69 Å². The molecule has 1 fully saturated rings. The molecule has 0 atom stereocenters. The van der Waals surface area contributed by atoms with Crippen LogP contribution in [0.25, 0.3) is 0 Å². The monoisotopic (exact) mass is 270 g/mol. The Morgan fingerprint density at radius 1 is 1.15 bits per heavy atom. The number of benzene rings is 1. The highest BCUT2D eigenvalue weighted by Gasteiger charge is 2.32. The number of carbonyl (C=O) groups is 2. The van der Waals surface area contributed by atoms with Crippen molar-refractivity contribution in [2.75, 3.05) is 24.5 Å². The Morgan fingerprint density at radius 3 is 2.35 bits per heavy atom. The zero-order valence-corrected chi connectivity index (χ0v) is 11.8. The minimum atomic E-state index is -0.526. The second kappa shape index (κ2) is 5.79. The van der Waals surface area contributed by atoms with Crippen molar-refractivity contribution in [3.8, 4) is 12.3 Å². The molecule has 0 spiro atoms. The summed E-state index contributed by atoms with van der Waals surface area (Å²) in [5, 5.41) is 0. The van der Waals surface area contributed by atoms with Crippen LogP contribution < -0.4 is 4.90 Å². The average molecular weight is 270 g/mol. The number of carbonyl (C=O) groups excluding carboxylic acids is 2. The first kappa shape index (κ1) is 14.1. The molecule has 104 valence electrons. The summed E-state index contributed by atoms with van der Waals surface area (Å²) in [6.45, 7) is 5.36. The Labute approximate surface area is 119 Å². The van der Waals surface area contributed by atoms with Crippen LogP contribution in [-0.2, 0) is 9.59 Å². The molecule has 1 aliphatic heterocycles. The van der Waals surface area contributed by atoms with E-state index in [0.717, 1.165) is 5.69 Å². The van der Waals surface area contributed by atoms with E-state index in [-0.39, 0.29) is 6.54 Å². The van der Waals surface area contributed by atoms with Gasteiger partial charge in [0.05, 0.1) is 6.54 Å². The van der Waals surface area contributed by atoms with Gasteiger partial charge in [-0.25, -0.2) is 0 Å². The third-order valence-electron chi connectivity index (χ3n) is 3.46. The lowest BCUT2D eigenvalue weighted by atomic mass is 10.0. The minimum Gasteiger partial charge on any atom is -0.322 e. The number of nitrogens with zero attached hydrogens (tertiary/aromatic N) is 2. The van der Waals surface area contributed by atoms with Crippen LogP contribution in [-0.4, -0.2) is 36.3 Å². The molecule has 2 amide bonds. The van der Waals surface area contributed by atoms with Crippen LogP contribution in [0.3, 0.4) is 0 Å². The summed E-state index contributed by atoms with van der Waals surface area (Å²) >= 11 is 0. The lowest BCUT2D eigenvalue weighted by molar-refractivity contribution is -0.145. The molecule has 20 heavy (non-hydrogen) atoms. The quantitative estimate of drug-likeness (QED) is 0.618. The zero-order valence-electron chi connectivity index (χ0n) is 11.8. The number of amides is 2. The highest BCUT2D eigenvalue weighted by atomic mass is 16.2. The second-order valence-electron chi connectivity index (χ2n) is 5.13. The molecule has 0 aliphatic carbocycles. The fourth-order valence-corrected chi connectivity index (χ4v) is 2.22. The first-order chi connectivity index (χ1) is 9.54. The lowest BCUT2D eigenvalue weighted by Gasteiger charge is -2.32. The molecular weight excluding hydrogens is 252 g/mol. The molecule has 0 saturated carbocycles. The summed E-state index contributed by atoms with van der Waals surface area (Å²) in [5.41, 5.74) is 1.96. The molecule has 4 nitrogen and oxygen atoms in total. The van der Waals surface area contributed by atoms with Gasteiger partial charge in [0, 0.05) is 18.8 Å². The van der Waals surface area contributed by atoms with E-state index in [2.05, 4.69) is 19.8 Å². The SMILES string of the molecule is C#CCN1CCN(c2ccc(C(C)C)cc2)C(=O)C1=O. The predicted molar refractivity (Wildman–Crippen MR) is 78.3 cm³/mol. The Morgan fingerprint density at radius 2 is 1.80 bits per heavy atom. The maximum atomic E-state index is 12.1. The minimum absolute atomic E-state index is 0.185. The van der Waals surface area contributed by atoms with Gasteiger partial charge in [0.2, 0.25) is 0 Å². The normalized spacial score (nSPS) is 15.7. The van der Waals surface area contributed by atoms with Crippen LogP contribution >= 0.6 is 0 Å². The fraction of sp³-hybridized carbons (Fsp3) is 0.375. The molecule has 0 radical (unpaired) electrons. The summed E-state index contributed by atoms with van der Waals surface area (Å²) < 4.78 is 0. The molecule has 2 rings (SSSR count). The second-order valence-corrected chi connectivity index (χ2v) is 5.13. The van der Waals surface area contributed by atoms with Crippen molar-refractivity contribution in [2.45, 2.75) is 19.8 Å². The van der Waals surface area contributed by atoms with E-state index in [1.807, 2.05) is 24.3 Å². The van der Waals surface area contributed by atoms with Crippen molar-refractivity contribution in [2.24, 2.45) is 0 Å². The van der Waals surface area contributed by atoms with Crippen molar-refractivity contribution in [1.82, 2.24) is 4.90 Å². The van der Waals surface area contributed by atoms with Gasteiger partial charge in [-0.2, -0.15) is 0 Å². The van der Waals surface area contributed by atoms with Gasteiger partial charge in [-0.3, -0.25) is 9.59 Å². The van der Waals surface area contributed by atoms with Crippen molar-refractivity contribution < 1.29 is 9.59 Å². The summed E-state index contributed by atoms with van der Waals surface area (Å²) in [5.74, 6) is 1.80. The smallest absolute Gasteiger partial charge is 0.316 e. The fourth-order valence-electron chi connectivity index (χ4n) is 2.22. The number of rotatable bonds is 3. The summed E-state index contributed by atoms with van der Waals surface area (Å²) in [7, 11) is 0. The van der Waals surface area contributed by atoms with Gasteiger partial charge in [-0.1, -0.05) is 31.9 Å². The van der Waals surface area contributed by atoms with E-state index in [9.17, 15) is 9.59 Å². The molecule has 0 bridgehead atoms. The van der Waals surface area contributed by atoms with Crippen LogP contribution in [0.2, 0.25) is 0 Å². The lowest BCUT2D eigenvalue weighted by Crippen LogP contribution is -2.54. The van der Waals surface area contributed by atoms with E-state index >= 15 is 0 Å². The van der Waals surface area contributed by atoms with Crippen molar-refractivity contribution in [3.63, 3.8) is 0 Å². The van der Waals surface area contributed by atoms with E-state index < -0.39 is 11.8 Å². The number of terminal acetylenes is 1. The molecule has 0 aromatic heterocycles. The van der Waals surface area contributed by atoms with Gasteiger partial charge in [0.25, 0.3) is 0 Å². The standard InChI is InChI=1S/C16H18N2O2/c1-4-9-17-10-11-18(16(20)15(17)19)14-7-5-13(6-8-14)12(2)3/h1,5-8,12H,9-11H2,2-3H3. The van der Waals surface area contributed by atoms with E-state index in [0.29, 0.717) is 19.0 Å². The number of anilines is 1. The van der Waals surface area contributed by atoms with E-state index in [1.54, 1.807) is 0 Å². The molecule has 0 unspecified atom stereocenters. The Hall–Kier alpha value is -2.28. The maximum Gasteiger partial charge on any atom is 0.316 e. The van der Waals surface area contributed by atoms with Gasteiger partial charge in [-0.15, -0.1) is 6.42 Å². The number of piperazine rings is 1. The average Bonchev–Trinajstić information content (AvgIpc) is 2.44. The third kappa shape index (κ3) is 2.67. The molecular formula is C16H18N2O2.